The third-order valence-electron chi connectivity index (χ3n) is 2.86. The summed E-state index contributed by atoms with van der Waals surface area (Å²) >= 11 is 0. The van der Waals surface area contributed by atoms with Crippen molar-refractivity contribution in [2.24, 2.45) is 5.92 Å². The highest BCUT2D eigenvalue weighted by Gasteiger charge is 2.11. The number of rotatable bonds is 10. The van der Waals surface area contributed by atoms with E-state index in [1.54, 1.807) is 6.07 Å². The van der Waals surface area contributed by atoms with Crippen molar-refractivity contribution in [3.05, 3.63) is 24.3 Å². The van der Waals surface area contributed by atoms with Crippen LogP contribution >= 0.6 is 0 Å². The molecule has 0 aromatic heterocycles. The fourth-order valence-corrected chi connectivity index (χ4v) is 1.68. The average molecular weight is 279 g/mol. The lowest BCUT2D eigenvalue weighted by atomic mass is 9.96. The molecule has 5 heteroatoms. The number of hydrogen-bond donors (Lipinski definition) is 1. The summed E-state index contributed by atoms with van der Waals surface area (Å²) in [4.78, 5) is 22.0. The van der Waals surface area contributed by atoms with Crippen LogP contribution in [-0.2, 0) is 14.3 Å². The molecule has 0 aliphatic heterocycles. The summed E-state index contributed by atoms with van der Waals surface area (Å²) < 4.78 is 4.85. The van der Waals surface area contributed by atoms with Gasteiger partial charge < -0.3 is 9.84 Å². The number of carboxylic acids is 1. The number of nitrogens with zero attached hydrogens (tertiary/aromatic N) is 1. The van der Waals surface area contributed by atoms with Crippen molar-refractivity contribution in [1.82, 2.24) is 0 Å². The van der Waals surface area contributed by atoms with Gasteiger partial charge in [-0.25, -0.2) is 4.79 Å². The molecule has 0 heterocycles. The number of allylic oxidation sites excluding steroid dienone is 1. The van der Waals surface area contributed by atoms with E-state index in [0.717, 1.165) is 12.5 Å². The molecule has 0 saturated carbocycles. The minimum Gasteiger partial charge on any atom is -0.478 e. The fourth-order valence-electron chi connectivity index (χ4n) is 1.68. The molecule has 0 bridgehead atoms. The van der Waals surface area contributed by atoms with Crippen molar-refractivity contribution < 1.29 is 19.4 Å². The summed E-state index contributed by atoms with van der Waals surface area (Å²) in [6, 6.07) is 1.74. The van der Waals surface area contributed by atoms with Crippen molar-refractivity contribution >= 4 is 11.9 Å². The molecule has 0 saturated heterocycles. The van der Waals surface area contributed by atoms with E-state index < -0.39 is 5.97 Å². The second-order valence-corrected chi connectivity index (χ2v) is 4.61. The third-order valence-corrected chi connectivity index (χ3v) is 2.86. The minimum absolute atomic E-state index is 0.129. The molecule has 0 amide bonds. The molecule has 0 aliphatic rings. The van der Waals surface area contributed by atoms with Crippen molar-refractivity contribution in [3.8, 4) is 6.07 Å². The van der Waals surface area contributed by atoms with Gasteiger partial charge in [0.25, 0.3) is 0 Å². The van der Waals surface area contributed by atoms with Crippen LogP contribution in [-0.4, -0.2) is 23.7 Å². The highest BCUT2D eigenvalue weighted by molar-refractivity contribution is 5.87. The Balaban J connectivity index is 3.89. The van der Waals surface area contributed by atoms with E-state index in [9.17, 15) is 9.59 Å². The zero-order chi connectivity index (χ0) is 15.4. The maximum Gasteiger partial charge on any atom is 0.332 e. The summed E-state index contributed by atoms with van der Waals surface area (Å²) in [5.74, 6) is -0.997. The quantitative estimate of drug-likeness (QED) is 0.287. The highest BCUT2D eigenvalue weighted by atomic mass is 16.5. The SMILES string of the molecule is C=CCOC(=O)CCCC(C)CCC(=CC#N)C(=O)O. The molecule has 1 atom stereocenters. The predicted octanol–water partition coefficient (Wildman–Crippen LogP) is 2.84. The number of hydrogen-bond acceptors (Lipinski definition) is 4. The van der Waals surface area contributed by atoms with Crippen LogP contribution in [0.5, 0.6) is 0 Å². The van der Waals surface area contributed by atoms with E-state index in [0.29, 0.717) is 31.6 Å². The van der Waals surface area contributed by atoms with Gasteiger partial charge in [-0.15, -0.1) is 0 Å². The van der Waals surface area contributed by atoms with Gasteiger partial charge in [0.1, 0.15) is 6.61 Å². The Kier molecular flexibility index (Phi) is 9.67. The van der Waals surface area contributed by atoms with Gasteiger partial charge in [0, 0.05) is 18.1 Å². The summed E-state index contributed by atoms with van der Waals surface area (Å²) in [6.07, 6.45) is 5.53. The van der Waals surface area contributed by atoms with Crippen LogP contribution in [0.3, 0.4) is 0 Å². The number of aliphatic carboxylic acids is 1. The molecule has 1 N–H and O–H groups in total. The molecule has 0 fully saturated rings. The summed E-state index contributed by atoms with van der Waals surface area (Å²) in [5, 5.41) is 17.3. The maximum atomic E-state index is 11.2. The Morgan fingerprint density at radius 1 is 1.40 bits per heavy atom. The van der Waals surface area contributed by atoms with Crippen LogP contribution in [0.25, 0.3) is 0 Å². The number of ether oxygens (including phenoxy) is 1. The Morgan fingerprint density at radius 2 is 2.10 bits per heavy atom. The van der Waals surface area contributed by atoms with Crippen molar-refractivity contribution in [2.45, 2.75) is 39.0 Å². The first-order chi connectivity index (χ1) is 9.51. The summed E-state index contributed by atoms with van der Waals surface area (Å²) in [7, 11) is 0. The Bertz CT molecular complexity index is 407. The van der Waals surface area contributed by atoms with Crippen molar-refractivity contribution in [1.29, 1.82) is 5.26 Å². The van der Waals surface area contributed by atoms with E-state index >= 15 is 0 Å². The second kappa shape index (κ2) is 10.8. The summed E-state index contributed by atoms with van der Waals surface area (Å²) in [5.41, 5.74) is 0.129. The number of esters is 1. The van der Waals surface area contributed by atoms with E-state index in [1.807, 2.05) is 6.92 Å². The number of carbonyl (C=O) groups excluding carboxylic acids is 1. The molecular weight excluding hydrogens is 258 g/mol. The third kappa shape index (κ3) is 8.92. The number of carboxylic acid groups (broad SMARTS) is 1. The zero-order valence-corrected chi connectivity index (χ0v) is 11.8. The monoisotopic (exact) mass is 279 g/mol. The zero-order valence-electron chi connectivity index (χ0n) is 11.8. The van der Waals surface area contributed by atoms with Gasteiger partial charge in [0.2, 0.25) is 0 Å². The van der Waals surface area contributed by atoms with E-state index in [-0.39, 0.29) is 18.1 Å². The predicted molar refractivity (Wildman–Crippen MR) is 74.7 cm³/mol. The lowest BCUT2D eigenvalue weighted by Crippen LogP contribution is -2.06. The van der Waals surface area contributed by atoms with Gasteiger partial charge >= 0.3 is 11.9 Å². The standard InChI is InChI=1S/C15H21NO4/c1-3-11-20-14(17)6-4-5-12(2)7-8-13(9-10-16)15(18)19/h3,9,12H,1,4-8,11H2,2H3,(H,18,19). The molecule has 1 unspecified atom stereocenters. The Labute approximate surface area is 119 Å². The molecule has 0 aromatic rings. The first-order valence-electron chi connectivity index (χ1n) is 6.59. The van der Waals surface area contributed by atoms with Crippen LogP contribution in [0.2, 0.25) is 0 Å². The van der Waals surface area contributed by atoms with Crippen molar-refractivity contribution in [2.75, 3.05) is 6.61 Å². The van der Waals surface area contributed by atoms with E-state index in [4.69, 9.17) is 15.1 Å². The van der Waals surface area contributed by atoms with Crippen LogP contribution in [0.1, 0.15) is 39.0 Å². The second-order valence-electron chi connectivity index (χ2n) is 4.61. The van der Waals surface area contributed by atoms with Gasteiger partial charge in [-0.05, 0) is 25.2 Å². The molecule has 0 rings (SSSR count). The number of carbonyl (C=O) groups is 2. The van der Waals surface area contributed by atoms with E-state index in [1.165, 1.54) is 6.08 Å². The normalized spacial score (nSPS) is 12.3. The molecule has 20 heavy (non-hydrogen) atoms. The largest absolute Gasteiger partial charge is 0.478 e. The van der Waals surface area contributed by atoms with Gasteiger partial charge in [0.15, 0.2) is 0 Å². The lowest BCUT2D eigenvalue weighted by Gasteiger charge is -2.10. The lowest BCUT2D eigenvalue weighted by molar-refractivity contribution is -0.142. The molecule has 0 spiro atoms. The highest BCUT2D eigenvalue weighted by Crippen LogP contribution is 2.17. The fraction of sp³-hybridized carbons (Fsp3) is 0.533. The van der Waals surface area contributed by atoms with Gasteiger partial charge in [0.05, 0.1) is 6.07 Å². The molecule has 5 nitrogen and oxygen atoms in total. The maximum absolute atomic E-state index is 11.2. The smallest absolute Gasteiger partial charge is 0.332 e. The Hall–Kier alpha value is -2.09. The van der Waals surface area contributed by atoms with Gasteiger partial charge in [-0.2, -0.15) is 5.26 Å². The minimum atomic E-state index is -1.05. The molecule has 110 valence electrons. The average Bonchev–Trinajstić information content (AvgIpc) is 2.40. The van der Waals surface area contributed by atoms with E-state index in [2.05, 4.69) is 6.58 Å². The summed E-state index contributed by atoms with van der Waals surface area (Å²) in [6.45, 7) is 5.69. The Morgan fingerprint density at radius 3 is 2.65 bits per heavy atom. The van der Waals surface area contributed by atoms with Crippen LogP contribution < -0.4 is 0 Å². The molecule has 0 radical (unpaired) electrons. The molecule has 0 aliphatic carbocycles. The topological polar surface area (TPSA) is 87.4 Å². The van der Waals surface area contributed by atoms with Crippen LogP contribution in [0, 0.1) is 17.2 Å². The van der Waals surface area contributed by atoms with Gasteiger partial charge in [-0.3, -0.25) is 4.79 Å². The van der Waals surface area contributed by atoms with Gasteiger partial charge in [-0.1, -0.05) is 26.0 Å². The van der Waals surface area contributed by atoms with Crippen molar-refractivity contribution in [3.63, 3.8) is 0 Å². The first-order valence-corrected chi connectivity index (χ1v) is 6.59. The first kappa shape index (κ1) is 17.9. The van der Waals surface area contributed by atoms with Crippen LogP contribution in [0.15, 0.2) is 24.3 Å². The molecule has 0 aromatic carbocycles. The molecular formula is C15H21NO4. The number of nitriles is 1. The van der Waals surface area contributed by atoms with Crippen LogP contribution in [0.4, 0.5) is 0 Å².